The molecule has 0 atom stereocenters. The molecule has 0 aliphatic carbocycles. The maximum atomic E-state index is 12.5. The summed E-state index contributed by atoms with van der Waals surface area (Å²) in [6, 6.07) is 14.8. The maximum Gasteiger partial charge on any atom is 0.292 e. The Morgan fingerprint density at radius 1 is 1.14 bits per heavy atom. The first-order chi connectivity index (χ1) is 13.5. The second-order valence-corrected chi connectivity index (χ2v) is 6.52. The highest BCUT2D eigenvalue weighted by Crippen LogP contribution is 2.18. The Hall–Kier alpha value is -3.32. The second-order valence-electron chi connectivity index (χ2n) is 6.14. The Kier molecular flexibility index (Phi) is 5.96. The van der Waals surface area contributed by atoms with Gasteiger partial charge in [-0.05, 0) is 42.0 Å². The van der Waals surface area contributed by atoms with Gasteiger partial charge in [0.05, 0.1) is 25.2 Å². The predicted octanol–water partition coefficient (Wildman–Crippen LogP) is 3.41. The van der Waals surface area contributed by atoms with Crippen LogP contribution in [-0.4, -0.2) is 37.2 Å². The van der Waals surface area contributed by atoms with Gasteiger partial charge in [-0.2, -0.15) is 14.9 Å². The highest BCUT2D eigenvalue weighted by Gasteiger charge is 2.10. The summed E-state index contributed by atoms with van der Waals surface area (Å²) in [7, 11) is 5.54. The summed E-state index contributed by atoms with van der Waals surface area (Å²) in [5.41, 5.74) is 5.25. The van der Waals surface area contributed by atoms with Gasteiger partial charge in [-0.1, -0.05) is 23.7 Å². The monoisotopic (exact) mass is 397 g/mol. The number of nitrogens with zero attached hydrogens (tertiary/aromatic N) is 4. The van der Waals surface area contributed by atoms with Crippen LogP contribution in [0.25, 0.3) is 5.69 Å². The van der Waals surface area contributed by atoms with Crippen LogP contribution in [0.1, 0.15) is 5.56 Å². The van der Waals surface area contributed by atoms with Crippen molar-refractivity contribution in [1.82, 2.24) is 9.78 Å². The van der Waals surface area contributed by atoms with E-state index in [1.165, 1.54) is 10.9 Å². The fourth-order valence-electron chi connectivity index (χ4n) is 2.45. The molecule has 1 heterocycles. The van der Waals surface area contributed by atoms with Gasteiger partial charge in [-0.25, -0.2) is 0 Å². The topological polar surface area (TPSA) is 71.8 Å². The molecule has 0 saturated heterocycles. The number of ether oxygens (including phenoxy) is 1. The summed E-state index contributed by atoms with van der Waals surface area (Å²) in [6.07, 6.45) is 3.10. The van der Waals surface area contributed by atoms with E-state index in [1.54, 1.807) is 37.6 Å². The molecule has 0 saturated carbocycles. The minimum absolute atomic E-state index is 0.00548. The summed E-state index contributed by atoms with van der Waals surface area (Å²) < 4.78 is 6.33. The van der Waals surface area contributed by atoms with Crippen molar-refractivity contribution in [2.24, 2.45) is 5.10 Å². The van der Waals surface area contributed by atoms with E-state index in [4.69, 9.17) is 16.3 Å². The number of hydrazone groups is 1. The standard InChI is InChI=1S/C20H20ClN5O2/c1-25(2)15-6-4-14(5-7-15)12-22-24-18-13-23-26(20(27)19(18)21)16-8-10-17(28-3)11-9-16/h4-13,24H,1-3H3/b22-12-. The number of rotatable bonds is 6. The first-order valence-electron chi connectivity index (χ1n) is 8.48. The van der Waals surface area contributed by atoms with Crippen LogP contribution in [0.4, 0.5) is 11.4 Å². The molecule has 1 aromatic heterocycles. The largest absolute Gasteiger partial charge is 0.497 e. The van der Waals surface area contributed by atoms with Crippen LogP contribution in [-0.2, 0) is 0 Å². The number of benzene rings is 2. The molecule has 1 N–H and O–H groups in total. The number of methoxy groups -OCH3 is 1. The normalized spacial score (nSPS) is 10.9. The molecule has 7 nitrogen and oxygen atoms in total. The van der Waals surface area contributed by atoms with Gasteiger partial charge < -0.3 is 9.64 Å². The molecule has 0 radical (unpaired) electrons. The van der Waals surface area contributed by atoms with E-state index in [2.05, 4.69) is 15.6 Å². The van der Waals surface area contributed by atoms with Gasteiger partial charge in [-0.3, -0.25) is 10.2 Å². The van der Waals surface area contributed by atoms with Gasteiger partial charge in [0.15, 0.2) is 0 Å². The molecule has 3 aromatic rings. The number of aromatic nitrogens is 2. The van der Waals surface area contributed by atoms with Crippen molar-refractivity contribution in [2.45, 2.75) is 0 Å². The highest BCUT2D eigenvalue weighted by molar-refractivity contribution is 6.32. The van der Waals surface area contributed by atoms with E-state index in [1.807, 2.05) is 43.3 Å². The molecule has 0 bridgehead atoms. The molecule has 0 aliphatic heterocycles. The highest BCUT2D eigenvalue weighted by atomic mass is 35.5. The SMILES string of the molecule is COc1ccc(-n2ncc(N/N=C\c3ccc(N(C)C)cc3)c(Cl)c2=O)cc1. The molecule has 3 rings (SSSR count). The zero-order chi connectivity index (χ0) is 20.1. The first kappa shape index (κ1) is 19.4. The number of halogens is 1. The quantitative estimate of drug-likeness (QED) is 0.509. The van der Waals surface area contributed by atoms with Crippen molar-refractivity contribution in [3.63, 3.8) is 0 Å². The van der Waals surface area contributed by atoms with E-state index in [0.29, 0.717) is 17.1 Å². The number of anilines is 2. The Balaban J connectivity index is 1.76. The molecule has 28 heavy (non-hydrogen) atoms. The van der Waals surface area contributed by atoms with Gasteiger partial charge in [0, 0.05) is 19.8 Å². The molecular formula is C20H20ClN5O2. The minimum atomic E-state index is -0.442. The van der Waals surface area contributed by atoms with E-state index in [0.717, 1.165) is 11.3 Å². The van der Waals surface area contributed by atoms with Gasteiger partial charge >= 0.3 is 0 Å². The summed E-state index contributed by atoms with van der Waals surface area (Å²) in [4.78, 5) is 14.5. The number of hydrogen-bond donors (Lipinski definition) is 1. The third kappa shape index (κ3) is 4.32. The average molecular weight is 398 g/mol. The summed E-state index contributed by atoms with van der Waals surface area (Å²) in [5, 5.41) is 8.30. The third-order valence-corrected chi connectivity index (χ3v) is 4.41. The Bertz CT molecular complexity index is 1030. The van der Waals surface area contributed by atoms with Crippen molar-refractivity contribution < 1.29 is 4.74 Å². The molecule has 0 spiro atoms. The van der Waals surface area contributed by atoms with Gasteiger partial charge in [0.1, 0.15) is 16.5 Å². The van der Waals surface area contributed by atoms with Crippen molar-refractivity contribution >= 4 is 29.2 Å². The predicted molar refractivity (Wildman–Crippen MR) is 113 cm³/mol. The minimum Gasteiger partial charge on any atom is -0.497 e. The van der Waals surface area contributed by atoms with Crippen molar-refractivity contribution in [3.8, 4) is 11.4 Å². The van der Waals surface area contributed by atoms with Crippen molar-refractivity contribution in [2.75, 3.05) is 31.5 Å². The number of hydrogen-bond acceptors (Lipinski definition) is 6. The lowest BCUT2D eigenvalue weighted by atomic mass is 10.2. The molecule has 0 amide bonds. The summed E-state index contributed by atoms with van der Waals surface area (Å²) in [6.45, 7) is 0. The van der Waals surface area contributed by atoms with E-state index in [9.17, 15) is 4.79 Å². The van der Waals surface area contributed by atoms with E-state index in [-0.39, 0.29) is 5.02 Å². The van der Waals surface area contributed by atoms with Gasteiger partial charge in [0.25, 0.3) is 5.56 Å². The molecule has 0 unspecified atom stereocenters. The third-order valence-electron chi connectivity index (χ3n) is 4.04. The van der Waals surface area contributed by atoms with Crippen LogP contribution < -0.4 is 20.6 Å². The van der Waals surface area contributed by atoms with Crippen molar-refractivity contribution in [3.05, 3.63) is 75.7 Å². The summed E-state index contributed by atoms with van der Waals surface area (Å²) >= 11 is 6.20. The fraction of sp³-hybridized carbons (Fsp3) is 0.150. The van der Waals surface area contributed by atoms with Crippen molar-refractivity contribution in [1.29, 1.82) is 0 Å². The fourth-order valence-corrected chi connectivity index (χ4v) is 2.62. The lowest BCUT2D eigenvalue weighted by Gasteiger charge is -2.11. The van der Waals surface area contributed by atoms with Crippen LogP contribution in [0.3, 0.4) is 0 Å². The maximum absolute atomic E-state index is 12.5. The van der Waals surface area contributed by atoms with Gasteiger partial charge in [0.2, 0.25) is 0 Å². The van der Waals surface area contributed by atoms with Crippen LogP contribution in [0.5, 0.6) is 5.75 Å². The lowest BCUT2D eigenvalue weighted by Crippen LogP contribution is -2.22. The second kappa shape index (κ2) is 8.58. The number of nitrogens with one attached hydrogen (secondary N) is 1. The molecule has 2 aromatic carbocycles. The molecular weight excluding hydrogens is 378 g/mol. The van der Waals surface area contributed by atoms with Crippen LogP contribution >= 0.6 is 11.6 Å². The average Bonchev–Trinajstić information content (AvgIpc) is 2.72. The Morgan fingerprint density at radius 3 is 2.43 bits per heavy atom. The summed E-state index contributed by atoms with van der Waals surface area (Å²) in [5.74, 6) is 0.689. The Labute approximate surface area is 167 Å². The zero-order valence-corrected chi connectivity index (χ0v) is 16.5. The van der Waals surface area contributed by atoms with Crippen LogP contribution in [0.2, 0.25) is 5.02 Å². The zero-order valence-electron chi connectivity index (χ0n) is 15.8. The lowest BCUT2D eigenvalue weighted by molar-refractivity contribution is 0.414. The molecule has 144 valence electrons. The Morgan fingerprint density at radius 2 is 1.82 bits per heavy atom. The van der Waals surface area contributed by atoms with E-state index >= 15 is 0 Å². The van der Waals surface area contributed by atoms with Crippen LogP contribution in [0.15, 0.2) is 64.6 Å². The molecule has 8 heteroatoms. The van der Waals surface area contributed by atoms with Crippen LogP contribution in [0, 0.1) is 0 Å². The smallest absolute Gasteiger partial charge is 0.292 e. The van der Waals surface area contributed by atoms with Gasteiger partial charge in [-0.15, -0.1) is 0 Å². The molecule has 0 fully saturated rings. The first-order valence-corrected chi connectivity index (χ1v) is 8.86. The van der Waals surface area contributed by atoms with E-state index < -0.39 is 5.56 Å². The molecule has 0 aliphatic rings.